The van der Waals surface area contributed by atoms with Gasteiger partial charge in [0.15, 0.2) is 0 Å². The summed E-state index contributed by atoms with van der Waals surface area (Å²) < 4.78 is 5.85. The molecule has 0 radical (unpaired) electrons. The molecule has 0 heterocycles. The van der Waals surface area contributed by atoms with E-state index in [2.05, 4.69) is 64.1 Å². The summed E-state index contributed by atoms with van der Waals surface area (Å²) in [5.41, 5.74) is 12.6. The fourth-order valence-electron chi connectivity index (χ4n) is 2.65. The van der Waals surface area contributed by atoms with Crippen LogP contribution in [0.25, 0.3) is 0 Å². The van der Waals surface area contributed by atoms with E-state index in [0.717, 1.165) is 12.2 Å². The zero-order valence-corrected chi connectivity index (χ0v) is 13.4. The monoisotopic (exact) mass is 283 g/mol. The van der Waals surface area contributed by atoms with Gasteiger partial charge in [-0.05, 0) is 67.6 Å². The number of aryl methyl sites for hydroxylation is 3. The van der Waals surface area contributed by atoms with Crippen LogP contribution in [0.15, 0.2) is 36.4 Å². The molecule has 2 heteroatoms. The summed E-state index contributed by atoms with van der Waals surface area (Å²) in [6.07, 6.45) is 0.817. The van der Waals surface area contributed by atoms with Crippen molar-refractivity contribution in [3.63, 3.8) is 0 Å². The highest BCUT2D eigenvalue weighted by Crippen LogP contribution is 2.22. The zero-order valence-electron chi connectivity index (χ0n) is 13.4. The molecule has 0 aliphatic rings. The predicted molar refractivity (Wildman–Crippen MR) is 88.9 cm³/mol. The standard InChI is InChI=1S/C19H25NO/c1-13-10-14(2)12-17(11-13)21-9-8-19(20)18-7-5-6-15(3)16(18)4/h5-7,10-12,19H,8-9,20H2,1-4H3. The number of rotatable bonds is 5. The van der Waals surface area contributed by atoms with Crippen LogP contribution >= 0.6 is 0 Å². The van der Waals surface area contributed by atoms with Crippen molar-refractivity contribution in [2.75, 3.05) is 6.61 Å². The number of ether oxygens (including phenoxy) is 1. The van der Waals surface area contributed by atoms with Crippen LogP contribution in [0.4, 0.5) is 0 Å². The minimum atomic E-state index is 0.0239. The first-order valence-electron chi connectivity index (χ1n) is 7.50. The molecule has 2 aromatic carbocycles. The van der Waals surface area contributed by atoms with Crippen LogP contribution in [0.1, 0.15) is 40.3 Å². The van der Waals surface area contributed by atoms with Gasteiger partial charge in [-0.2, -0.15) is 0 Å². The Morgan fingerprint density at radius 1 is 1.00 bits per heavy atom. The van der Waals surface area contributed by atoms with Gasteiger partial charge < -0.3 is 10.5 Å². The molecule has 2 aromatic rings. The second kappa shape index (κ2) is 6.77. The quantitative estimate of drug-likeness (QED) is 0.883. The van der Waals surface area contributed by atoms with Gasteiger partial charge in [0, 0.05) is 12.5 Å². The Balaban J connectivity index is 1.95. The SMILES string of the molecule is Cc1cc(C)cc(OCCC(N)c2cccc(C)c2C)c1. The number of hydrogen-bond acceptors (Lipinski definition) is 2. The van der Waals surface area contributed by atoms with Crippen LogP contribution in [-0.4, -0.2) is 6.61 Å². The van der Waals surface area contributed by atoms with Crippen molar-refractivity contribution in [2.24, 2.45) is 5.73 Å². The van der Waals surface area contributed by atoms with E-state index < -0.39 is 0 Å². The molecule has 0 amide bonds. The minimum absolute atomic E-state index is 0.0239. The second-order valence-corrected chi connectivity index (χ2v) is 5.86. The third-order valence-electron chi connectivity index (χ3n) is 3.94. The summed E-state index contributed by atoms with van der Waals surface area (Å²) >= 11 is 0. The molecule has 0 aliphatic carbocycles. The van der Waals surface area contributed by atoms with Crippen molar-refractivity contribution in [3.05, 3.63) is 64.2 Å². The van der Waals surface area contributed by atoms with Crippen LogP contribution in [-0.2, 0) is 0 Å². The van der Waals surface area contributed by atoms with E-state index >= 15 is 0 Å². The molecular weight excluding hydrogens is 258 g/mol. The highest BCUT2D eigenvalue weighted by atomic mass is 16.5. The van der Waals surface area contributed by atoms with Crippen LogP contribution in [0, 0.1) is 27.7 Å². The Morgan fingerprint density at radius 2 is 1.67 bits per heavy atom. The van der Waals surface area contributed by atoms with E-state index in [1.165, 1.54) is 27.8 Å². The third-order valence-corrected chi connectivity index (χ3v) is 3.94. The molecule has 2 N–H and O–H groups in total. The Labute approximate surface area is 127 Å². The first-order valence-corrected chi connectivity index (χ1v) is 7.50. The maximum absolute atomic E-state index is 6.31. The summed E-state index contributed by atoms with van der Waals surface area (Å²) in [4.78, 5) is 0. The van der Waals surface area contributed by atoms with Gasteiger partial charge in [0.1, 0.15) is 5.75 Å². The van der Waals surface area contributed by atoms with Gasteiger partial charge in [0.2, 0.25) is 0 Å². The fourth-order valence-corrected chi connectivity index (χ4v) is 2.65. The van der Waals surface area contributed by atoms with E-state index in [1.807, 2.05) is 0 Å². The molecule has 0 aliphatic heterocycles. The summed E-state index contributed by atoms with van der Waals surface area (Å²) in [7, 11) is 0. The van der Waals surface area contributed by atoms with E-state index in [0.29, 0.717) is 6.61 Å². The molecule has 2 nitrogen and oxygen atoms in total. The molecule has 0 saturated carbocycles. The van der Waals surface area contributed by atoms with Crippen molar-refractivity contribution in [2.45, 2.75) is 40.2 Å². The lowest BCUT2D eigenvalue weighted by atomic mass is 9.96. The molecule has 1 atom stereocenters. The highest BCUT2D eigenvalue weighted by molar-refractivity contribution is 5.35. The lowest BCUT2D eigenvalue weighted by molar-refractivity contribution is 0.298. The molecule has 0 spiro atoms. The lowest BCUT2D eigenvalue weighted by Crippen LogP contribution is -2.15. The van der Waals surface area contributed by atoms with Crippen LogP contribution < -0.4 is 10.5 Å². The van der Waals surface area contributed by atoms with Gasteiger partial charge in [-0.1, -0.05) is 24.3 Å². The van der Waals surface area contributed by atoms with Crippen molar-refractivity contribution in [3.8, 4) is 5.75 Å². The van der Waals surface area contributed by atoms with Gasteiger partial charge in [0.05, 0.1) is 6.61 Å². The Bertz CT molecular complexity index is 599. The first-order chi connectivity index (χ1) is 9.97. The van der Waals surface area contributed by atoms with Gasteiger partial charge in [-0.3, -0.25) is 0 Å². The van der Waals surface area contributed by atoms with Gasteiger partial charge in [-0.15, -0.1) is 0 Å². The molecule has 0 saturated heterocycles. The summed E-state index contributed by atoms with van der Waals surface area (Å²) in [6.45, 7) is 9.06. The maximum atomic E-state index is 6.31. The largest absolute Gasteiger partial charge is 0.494 e. The van der Waals surface area contributed by atoms with Crippen molar-refractivity contribution >= 4 is 0 Å². The van der Waals surface area contributed by atoms with E-state index in [1.54, 1.807) is 0 Å². The van der Waals surface area contributed by atoms with E-state index in [-0.39, 0.29) is 6.04 Å². The number of hydrogen-bond donors (Lipinski definition) is 1. The molecule has 1 unspecified atom stereocenters. The summed E-state index contributed by atoms with van der Waals surface area (Å²) in [5, 5.41) is 0. The lowest BCUT2D eigenvalue weighted by Gasteiger charge is -2.17. The average Bonchev–Trinajstić information content (AvgIpc) is 2.40. The van der Waals surface area contributed by atoms with Crippen LogP contribution in [0.3, 0.4) is 0 Å². The smallest absolute Gasteiger partial charge is 0.119 e. The normalized spacial score (nSPS) is 12.2. The third kappa shape index (κ3) is 4.08. The number of nitrogens with two attached hydrogens (primary N) is 1. The fraction of sp³-hybridized carbons (Fsp3) is 0.368. The van der Waals surface area contributed by atoms with Crippen molar-refractivity contribution < 1.29 is 4.74 Å². The van der Waals surface area contributed by atoms with E-state index in [9.17, 15) is 0 Å². The predicted octanol–water partition coefficient (Wildman–Crippen LogP) is 4.39. The Hall–Kier alpha value is -1.80. The topological polar surface area (TPSA) is 35.2 Å². The Kier molecular flexibility index (Phi) is 5.03. The molecule has 2 rings (SSSR count). The molecular formula is C19H25NO. The van der Waals surface area contributed by atoms with Crippen LogP contribution in [0.5, 0.6) is 5.75 Å². The number of benzene rings is 2. The minimum Gasteiger partial charge on any atom is -0.494 e. The average molecular weight is 283 g/mol. The summed E-state index contributed by atoms with van der Waals surface area (Å²) in [5.74, 6) is 0.931. The zero-order chi connectivity index (χ0) is 15.4. The van der Waals surface area contributed by atoms with Crippen molar-refractivity contribution in [1.29, 1.82) is 0 Å². The Morgan fingerprint density at radius 3 is 2.33 bits per heavy atom. The van der Waals surface area contributed by atoms with Gasteiger partial charge >= 0.3 is 0 Å². The highest BCUT2D eigenvalue weighted by Gasteiger charge is 2.10. The van der Waals surface area contributed by atoms with E-state index in [4.69, 9.17) is 10.5 Å². The van der Waals surface area contributed by atoms with Gasteiger partial charge in [-0.25, -0.2) is 0 Å². The summed E-state index contributed by atoms with van der Waals surface area (Å²) in [6, 6.07) is 12.6. The molecule has 21 heavy (non-hydrogen) atoms. The second-order valence-electron chi connectivity index (χ2n) is 5.86. The first kappa shape index (κ1) is 15.6. The van der Waals surface area contributed by atoms with Gasteiger partial charge in [0.25, 0.3) is 0 Å². The van der Waals surface area contributed by atoms with Crippen LogP contribution in [0.2, 0.25) is 0 Å². The van der Waals surface area contributed by atoms with Crippen molar-refractivity contribution in [1.82, 2.24) is 0 Å². The maximum Gasteiger partial charge on any atom is 0.119 e. The molecule has 0 aromatic heterocycles. The molecule has 0 fully saturated rings. The molecule has 0 bridgehead atoms. The molecule has 112 valence electrons.